The van der Waals surface area contributed by atoms with E-state index in [2.05, 4.69) is 0 Å². The van der Waals surface area contributed by atoms with Crippen LogP contribution in [0.2, 0.25) is 0 Å². The molecular weight excluding hydrogens is 268 g/mol. The summed E-state index contributed by atoms with van der Waals surface area (Å²) in [6.07, 6.45) is 0. The second kappa shape index (κ2) is 5.01. The number of hydrogen-bond acceptors (Lipinski definition) is 3. The quantitative estimate of drug-likeness (QED) is 0.642. The van der Waals surface area contributed by atoms with Gasteiger partial charge in [0.15, 0.2) is 0 Å². The van der Waals surface area contributed by atoms with E-state index in [1.165, 1.54) is 12.1 Å². The number of aryl methyl sites for hydroxylation is 1. The Kier molecular flexibility index (Phi) is 3.17. The first kappa shape index (κ1) is 13.3. The number of nitro groups is 1. The lowest BCUT2D eigenvalue weighted by molar-refractivity contribution is -0.384. The molecule has 0 N–H and O–H groups in total. The van der Waals surface area contributed by atoms with Crippen molar-refractivity contribution in [1.29, 1.82) is 0 Å². The minimum atomic E-state index is -0.427. The summed E-state index contributed by atoms with van der Waals surface area (Å²) < 4.78 is 0. The van der Waals surface area contributed by atoms with Gasteiger partial charge in [-0.2, -0.15) is 0 Å². The maximum absolute atomic E-state index is 12.3. The SMILES string of the molecule is Cc1ccc2c(c1)CN(Cc1ccc([N+](=O)[O-])cc1)C2=O. The lowest BCUT2D eigenvalue weighted by Gasteiger charge is -2.15. The van der Waals surface area contributed by atoms with Crippen LogP contribution in [0.5, 0.6) is 0 Å². The predicted octanol–water partition coefficient (Wildman–Crippen LogP) is 3.06. The van der Waals surface area contributed by atoms with Crippen LogP contribution in [0.15, 0.2) is 42.5 Å². The first-order valence-electron chi connectivity index (χ1n) is 6.67. The monoisotopic (exact) mass is 282 g/mol. The highest BCUT2D eigenvalue weighted by molar-refractivity contribution is 5.98. The molecule has 0 radical (unpaired) electrons. The average molecular weight is 282 g/mol. The molecule has 2 aromatic rings. The number of carbonyl (C=O) groups is 1. The van der Waals surface area contributed by atoms with Crippen LogP contribution in [-0.2, 0) is 13.1 Å². The van der Waals surface area contributed by atoms with Crippen molar-refractivity contribution in [2.45, 2.75) is 20.0 Å². The van der Waals surface area contributed by atoms with Crippen LogP contribution < -0.4 is 0 Å². The van der Waals surface area contributed by atoms with Gasteiger partial charge in [-0.25, -0.2) is 0 Å². The molecule has 0 unspecified atom stereocenters. The molecule has 0 atom stereocenters. The fraction of sp³-hybridized carbons (Fsp3) is 0.188. The van der Waals surface area contributed by atoms with Crippen molar-refractivity contribution in [3.8, 4) is 0 Å². The summed E-state index contributed by atoms with van der Waals surface area (Å²) >= 11 is 0. The molecule has 5 nitrogen and oxygen atoms in total. The van der Waals surface area contributed by atoms with E-state index in [1.807, 2.05) is 25.1 Å². The molecule has 2 aromatic carbocycles. The van der Waals surface area contributed by atoms with Crippen LogP contribution in [0, 0.1) is 17.0 Å². The van der Waals surface area contributed by atoms with E-state index in [0.29, 0.717) is 13.1 Å². The molecule has 1 amide bonds. The van der Waals surface area contributed by atoms with Gasteiger partial charge in [0.2, 0.25) is 0 Å². The second-order valence-electron chi connectivity index (χ2n) is 5.25. The van der Waals surface area contributed by atoms with E-state index in [-0.39, 0.29) is 11.6 Å². The van der Waals surface area contributed by atoms with Crippen molar-refractivity contribution >= 4 is 11.6 Å². The molecule has 3 rings (SSSR count). The highest BCUT2D eigenvalue weighted by Crippen LogP contribution is 2.25. The Morgan fingerprint density at radius 3 is 2.57 bits per heavy atom. The van der Waals surface area contributed by atoms with Crippen LogP contribution in [0.1, 0.15) is 27.0 Å². The predicted molar refractivity (Wildman–Crippen MR) is 77.9 cm³/mol. The second-order valence-corrected chi connectivity index (χ2v) is 5.25. The van der Waals surface area contributed by atoms with Crippen molar-refractivity contribution in [2.24, 2.45) is 0 Å². The molecule has 21 heavy (non-hydrogen) atoms. The number of fused-ring (bicyclic) bond motifs is 1. The van der Waals surface area contributed by atoms with Crippen LogP contribution in [0.25, 0.3) is 0 Å². The third-order valence-electron chi connectivity index (χ3n) is 3.66. The van der Waals surface area contributed by atoms with Crippen molar-refractivity contribution < 1.29 is 9.72 Å². The largest absolute Gasteiger partial charge is 0.330 e. The standard InChI is InChI=1S/C16H14N2O3/c1-11-2-7-15-13(8-11)10-17(16(15)19)9-12-3-5-14(6-4-12)18(20)21/h2-8H,9-10H2,1H3. The highest BCUT2D eigenvalue weighted by Gasteiger charge is 2.27. The van der Waals surface area contributed by atoms with Crippen LogP contribution in [0.4, 0.5) is 5.69 Å². The molecule has 0 saturated heterocycles. The van der Waals surface area contributed by atoms with E-state index >= 15 is 0 Å². The van der Waals surface area contributed by atoms with Crippen molar-refractivity contribution in [3.63, 3.8) is 0 Å². The summed E-state index contributed by atoms with van der Waals surface area (Å²) in [4.78, 5) is 24.3. The van der Waals surface area contributed by atoms with Gasteiger partial charge in [0, 0.05) is 30.8 Å². The van der Waals surface area contributed by atoms with Crippen molar-refractivity contribution in [3.05, 3.63) is 74.8 Å². The van der Waals surface area contributed by atoms with Crippen LogP contribution >= 0.6 is 0 Å². The molecule has 0 saturated carbocycles. The van der Waals surface area contributed by atoms with Crippen molar-refractivity contribution in [2.75, 3.05) is 0 Å². The highest BCUT2D eigenvalue weighted by atomic mass is 16.6. The number of nitrogens with zero attached hydrogens (tertiary/aromatic N) is 2. The van der Waals surface area contributed by atoms with Gasteiger partial charge in [-0.15, -0.1) is 0 Å². The maximum Gasteiger partial charge on any atom is 0.269 e. The zero-order valence-corrected chi connectivity index (χ0v) is 11.6. The van der Waals surface area contributed by atoms with Gasteiger partial charge < -0.3 is 4.90 Å². The van der Waals surface area contributed by atoms with E-state index in [9.17, 15) is 14.9 Å². The fourth-order valence-electron chi connectivity index (χ4n) is 2.58. The maximum atomic E-state index is 12.3. The number of benzene rings is 2. The lowest BCUT2D eigenvalue weighted by atomic mass is 10.1. The Bertz CT molecular complexity index is 723. The number of non-ortho nitro benzene ring substituents is 1. The molecular formula is C16H14N2O3. The van der Waals surface area contributed by atoms with E-state index in [0.717, 1.165) is 22.3 Å². The summed E-state index contributed by atoms with van der Waals surface area (Å²) in [5, 5.41) is 10.6. The summed E-state index contributed by atoms with van der Waals surface area (Å²) in [6, 6.07) is 12.2. The zero-order chi connectivity index (χ0) is 15.0. The Morgan fingerprint density at radius 1 is 1.19 bits per heavy atom. The van der Waals surface area contributed by atoms with E-state index in [4.69, 9.17) is 0 Å². The molecule has 0 aliphatic carbocycles. The molecule has 0 spiro atoms. The van der Waals surface area contributed by atoms with Crippen LogP contribution in [-0.4, -0.2) is 15.7 Å². The van der Waals surface area contributed by atoms with E-state index in [1.54, 1.807) is 17.0 Å². The Hall–Kier alpha value is -2.69. The van der Waals surface area contributed by atoms with Gasteiger partial charge in [-0.3, -0.25) is 14.9 Å². The molecule has 0 aromatic heterocycles. The number of carbonyl (C=O) groups excluding carboxylic acids is 1. The smallest absolute Gasteiger partial charge is 0.269 e. The molecule has 1 heterocycles. The fourth-order valence-corrected chi connectivity index (χ4v) is 2.58. The summed E-state index contributed by atoms with van der Waals surface area (Å²) in [5.74, 6) is 0.0170. The Balaban J connectivity index is 1.78. The molecule has 0 fully saturated rings. The molecule has 1 aliphatic heterocycles. The van der Waals surface area contributed by atoms with Gasteiger partial charge in [0.1, 0.15) is 0 Å². The molecule has 1 aliphatic rings. The van der Waals surface area contributed by atoms with Crippen LogP contribution in [0.3, 0.4) is 0 Å². The number of nitro benzene ring substituents is 1. The van der Waals surface area contributed by atoms with Gasteiger partial charge in [-0.1, -0.05) is 29.8 Å². The Morgan fingerprint density at radius 2 is 1.90 bits per heavy atom. The van der Waals surface area contributed by atoms with Gasteiger partial charge in [0.25, 0.3) is 11.6 Å². The molecule has 106 valence electrons. The summed E-state index contributed by atoms with van der Waals surface area (Å²) in [5.41, 5.74) is 3.88. The minimum Gasteiger partial charge on any atom is -0.330 e. The van der Waals surface area contributed by atoms with E-state index < -0.39 is 4.92 Å². The summed E-state index contributed by atoms with van der Waals surface area (Å²) in [7, 11) is 0. The van der Waals surface area contributed by atoms with Gasteiger partial charge >= 0.3 is 0 Å². The normalized spacial score (nSPS) is 13.4. The third-order valence-corrected chi connectivity index (χ3v) is 3.66. The van der Waals surface area contributed by atoms with Gasteiger partial charge in [-0.05, 0) is 24.1 Å². The molecule has 5 heteroatoms. The number of rotatable bonds is 3. The first-order valence-corrected chi connectivity index (χ1v) is 6.67. The summed E-state index contributed by atoms with van der Waals surface area (Å²) in [6.45, 7) is 3.06. The van der Waals surface area contributed by atoms with Gasteiger partial charge in [0.05, 0.1) is 4.92 Å². The van der Waals surface area contributed by atoms with Crippen molar-refractivity contribution in [1.82, 2.24) is 4.90 Å². The number of amides is 1. The lowest BCUT2D eigenvalue weighted by Crippen LogP contribution is -2.23. The first-order chi connectivity index (χ1) is 10.0. The Labute approximate surface area is 122 Å². The zero-order valence-electron chi connectivity index (χ0n) is 11.6. The number of hydrogen-bond donors (Lipinski definition) is 0. The average Bonchev–Trinajstić information content (AvgIpc) is 2.75. The topological polar surface area (TPSA) is 63.4 Å². The molecule has 0 bridgehead atoms. The third kappa shape index (κ3) is 2.50. The minimum absolute atomic E-state index is 0.0170.